The fourth-order valence-electron chi connectivity index (χ4n) is 1.54. The van der Waals surface area contributed by atoms with Crippen LogP contribution in [0.1, 0.15) is 11.1 Å². The Balaban J connectivity index is 2.17. The summed E-state index contributed by atoms with van der Waals surface area (Å²) in [6.45, 7) is 2.10. The van der Waals surface area contributed by atoms with E-state index in [0.29, 0.717) is 0 Å². The zero-order valence-electron chi connectivity index (χ0n) is 10.1. The lowest BCUT2D eigenvalue weighted by Gasteiger charge is -1.99. The van der Waals surface area contributed by atoms with Crippen molar-refractivity contribution >= 4 is 23.7 Å². The van der Waals surface area contributed by atoms with Crippen LogP contribution in [0.2, 0.25) is 0 Å². The van der Waals surface area contributed by atoms with Gasteiger partial charge in [0.25, 0.3) is 0 Å². The summed E-state index contributed by atoms with van der Waals surface area (Å²) in [4.78, 5) is 5.74. The Morgan fingerprint density at radius 1 is 1.00 bits per heavy atom. The molecule has 2 aromatic rings. The van der Waals surface area contributed by atoms with Gasteiger partial charge in [0.15, 0.2) is 0 Å². The van der Waals surface area contributed by atoms with Gasteiger partial charge in [-0.05, 0) is 48.6 Å². The summed E-state index contributed by atoms with van der Waals surface area (Å²) in [5.41, 5.74) is 3.41. The highest BCUT2D eigenvalue weighted by atomic mass is 32.2. The van der Waals surface area contributed by atoms with Gasteiger partial charge in [0.05, 0.1) is 5.69 Å². The van der Waals surface area contributed by atoms with Crippen LogP contribution >= 0.6 is 11.8 Å². The van der Waals surface area contributed by atoms with Crippen molar-refractivity contribution in [2.45, 2.75) is 11.8 Å². The van der Waals surface area contributed by atoms with Gasteiger partial charge in [-0.15, -0.1) is 11.8 Å². The normalized spacial score (nSPS) is 10.9. The zero-order chi connectivity index (χ0) is 12.1. The summed E-state index contributed by atoms with van der Waals surface area (Å²) < 4.78 is 0. The van der Waals surface area contributed by atoms with E-state index in [1.165, 1.54) is 16.0 Å². The molecule has 17 heavy (non-hydrogen) atoms. The first-order valence-corrected chi connectivity index (χ1v) is 6.76. The van der Waals surface area contributed by atoms with Crippen molar-refractivity contribution in [2.24, 2.45) is 4.99 Å². The number of rotatable bonds is 3. The van der Waals surface area contributed by atoms with Gasteiger partial charge in [0, 0.05) is 11.1 Å². The molecule has 0 spiro atoms. The molecule has 2 heteroatoms. The van der Waals surface area contributed by atoms with E-state index in [9.17, 15) is 0 Å². The average molecular weight is 241 g/mol. The first-order chi connectivity index (χ1) is 8.29. The lowest BCUT2D eigenvalue weighted by atomic mass is 10.1. The topological polar surface area (TPSA) is 12.4 Å². The van der Waals surface area contributed by atoms with Crippen LogP contribution in [0.15, 0.2) is 58.4 Å². The molecule has 0 heterocycles. The molecule has 0 saturated carbocycles. The molecule has 0 aliphatic carbocycles. The van der Waals surface area contributed by atoms with E-state index >= 15 is 0 Å². The second kappa shape index (κ2) is 5.69. The van der Waals surface area contributed by atoms with E-state index in [4.69, 9.17) is 0 Å². The maximum absolute atomic E-state index is 4.48. The van der Waals surface area contributed by atoms with Gasteiger partial charge in [0.2, 0.25) is 0 Å². The van der Waals surface area contributed by atoms with Gasteiger partial charge in [-0.1, -0.05) is 24.3 Å². The SMILES string of the molecule is CSc1ccc(N=Cc2ccccc2C)cc1. The minimum absolute atomic E-state index is 0.992. The van der Waals surface area contributed by atoms with Gasteiger partial charge in [-0.3, -0.25) is 4.99 Å². The Morgan fingerprint density at radius 3 is 2.35 bits per heavy atom. The predicted molar refractivity (Wildman–Crippen MR) is 76.7 cm³/mol. The molecular weight excluding hydrogens is 226 g/mol. The summed E-state index contributed by atoms with van der Waals surface area (Å²) in [5.74, 6) is 0. The Labute approximate surface area is 107 Å². The molecule has 0 amide bonds. The molecule has 1 nitrogen and oxygen atoms in total. The molecule has 2 rings (SSSR count). The predicted octanol–water partition coefficient (Wildman–Crippen LogP) is 4.47. The number of aryl methyl sites for hydroxylation is 1. The summed E-state index contributed by atoms with van der Waals surface area (Å²) in [7, 11) is 0. The van der Waals surface area contributed by atoms with E-state index in [2.05, 4.69) is 42.4 Å². The Bertz CT molecular complexity index is 515. The molecule has 0 N–H and O–H groups in total. The number of hydrogen-bond acceptors (Lipinski definition) is 2. The van der Waals surface area contributed by atoms with Crippen LogP contribution in [-0.2, 0) is 0 Å². The van der Waals surface area contributed by atoms with Crippen LogP contribution in [0.4, 0.5) is 5.69 Å². The molecule has 0 aliphatic rings. The van der Waals surface area contributed by atoms with Gasteiger partial charge >= 0.3 is 0 Å². The highest BCUT2D eigenvalue weighted by Gasteiger charge is 1.93. The average Bonchev–Trinajstić information content (AvgIpc) is 2.38. The van der Waals surface area contributed by atoms with Crippen LogP contribution in [0.25, 0.3) is 0 Å². The molecule has 0 fully saturated rings. The van der Waals surface area contributed by atoms with E-state index in [1.54, 1.807) is 11.8 Å². The fourth-order valence-corrected chi connectivity index (χ4v) is 1.95. The largest absolute Gasteiger partial charge is 0.256 e. The van der Waals surface area contributed by atoms with Crippen LogP contribution in [0.5, 0.6) is 0 Å². The molecule has 86 valence electrons. The van der Waals surface area contributed by atoms with Crippen molar-refractivity contribution in [1.82, 2.24) is 0 Å². The van der Waals surface area contributed by atoms with E-state index in [-0.39, 0.29) is 0 Å². The molecule has 0 bridgehead atoms. The maximum Gasteiger partial charge on any atom is 0.0630 e. The minimum atomic E-state index is 0.992. The van der Waals surface area contributed by atoms with Crippen molar-refractivity contribution in [1.29, 1.82) is 0 Å². The Morgan fingerprint density at radius 2 is 1.71 bits per heavy atom. The molecule has 0 unspecified atom stereocenters. The zero-order valence-corrected chi connectivity index (χ0v) is 10.9. The van der Waals surface area contributed by atoms with Crippen molar-refractivity contribution in [3.05, 3.63) is 59.7 Å². The Kier molecular flexibility index (Phi) is 3.99. The van der Waals surface area contributed by atoms with Crippen LogP contribution in [-0.4, -0.2) is 12.5 Å². The molecule has 2 aromatic carbocycles. The van der Waals surface area contributed by atoms with Crippen LogP contribution < -0.4 is 0 Å². The number of hydrogen-bond donors (Lipinski definition) is 0. The molecule has 0 saturated heterocycles. The van der Waals surface area contributed by atoms with E-state index in [0.717, 1.165) is 5.69 Å². The first kappa shape index (κ1) is 11.9. The quantitative estimate of drug-likeness (QED) is 0.570. The summed E-state index contributed by atoms with van der Waals surface area (Å²) in [6, 6.07) is 16.5. The lowest BCUT2D eigenvalue weighted by molar-refractivity contribution is 1.41. The third-order valence-electron chi connectivity index (χ3n) is 2.61. The second-order valence-electron chi connectivity index (χ2n) is 3.81. The minimum Gasteiger partial charge on any atom is -0.256 e. The standard InChI is InChI=1S/C15H15NS/c1-12-5-3-4-6-13(12)11-16-14-7-9-15(17-2)10-8-14/h3-11H,1-2H3. The van der Waals surface area contributed by atoms with Gasteiger partial charge in [0.1, 0.15) is 0 Å². The van der Waals surface area contributed by atoms with Gasteiger partial charge < -0.3 is 0 Å². The number of benzene rings is 2. The summed E-state index contributed by atoms with van der Waals surface area (Å²) in [6.07, 6.45) is 4.00. The summed E-state index contributed by atoms with van der Waals surface area (Å²) >= 11 is 1.74. The number of nitrogens with zero attached hydrogens (tertiary/aromatic N) is 1. The molecule has 0 radical (unpaired) electrons. The Hall–Kier alpha value is -1.54. The summed E-state index contributed by atoms with van der Waals surface area (Å²) in [5, 5.41) is 0. The van der Waals surface area contributed by atoms with Crippen molar-refractivity contribution < 1.29 is 0 Å². The molecular formula is C15H15NS. The highest BCUT2D eigenvalue weighted by Crippen LogP contribution is 2.19. The second-order valence-corrected chi connectivity index (χ2v) is 4.69. The highest BCUT2D eigenvalue weighted by molar-refractivity contribution is 7.98. The molecule has 0 atom stereocenters. The number of thioether (sulfide) groups is 1. The third kappa shape index (κ3) is 3.21. The van der Waals surface area contributed by atoms with Crippen LogP contribution in [0.3, 0.4) is 0 Å². The first-order valence-electron chi connectivity index (χ1n) is 5.53. The smallest absolute Gasteiger partial charge is 0.0630 e. The van der Waals surface area contributed by atoms with Crippen molar-refractivity contribution in [2.75, 3.05) is 6.26 Å². The fraction of sp³-hybridized carbons (Fsp3) is 0.133. The van der Waals surface area contributed by atoms with Crippen molar-refractivity contribution in [3.8, 4) is 0 Å². The van der Waals surface area contributed by atoms with E-state index in [1.807, 2.05) is 30.5 Å². The molecule has 0 aliphatic heterocycles. The van der Waals surface area contributed by atoms with Crippen molar-refractivity contribution in [3.63, 3.8) is 0 Å². The maximum atomic E-state index is 4.48. The van der Waals surface area contributed by atoms with Crippen LogP contribution in [0, 0.1) is 6.92 Å². The monoisotopic (exact) mass is 241 g/mol. The van der Waals surface area contributed by atoms with Gasteiger partial charge in [-0.2, -0.15) is 0 Å². The lowest BCUT2D eigenvalue weighted by Crippen LogP contribution is -1.84. The van der Waals surface area contributed by atoms with Gasteiger partial charge in [-0.25, -0.2) is 0 Å². The molecule has 0 aromatic heterocycles. The number of aliphatic imine (C=N–C) groups is 1. The third-order valence-corrected chi connectivity index (χ3v) is 3.36. The van der Waals surface area contributed by atoms with E-state index < -0.39 is 0 Å².